The van der Waals surface area contributed by atoms with Crippen molar-refractivity contribution < 1.29 is 19.1 Å². The second-order valence-electron chi connectivity index (χ2n) is 8.97. The van der Waals surface area contributed by atoms with Gasteiger partial charge in [-0.3, -0.25) is 9.59 Å². The van der Waals surface area contributed by atoms with Crippen molar-refractivity contribution in [1.29, 1.82) is 0 Å². The summed E-state index contributed by atoms with van der Waals surface area (Å²) in [7, 11) is 0. The number of rotatable bonds is 5. The molecule has 0 aromatic heterocycles. The summed E-state index contributed by atoms with van der Waals surface area (Å²) >= 11 is 0. The maximum absolute atomic E-state index is 14.0. The van der Waals surface area contributed by atoms with E-state index in [0.29, 0.717) is 18.0 Å². The number of para-hydroxylation sites is 2. The Morgan fingerprint density at radius 2 is 1.48 bits per heavy atom. The Bertz CT molecular complexity index is 1270. The van der Waals surface area contributed by atoms with Crippen LogP contribution in [-0.4, -0.2) is 24.7 Å². The van der Waals surface area contributed by atoms with Crippen molar-refractivity contribution in [2.75, 3.05) is 11.5 Å². The van der Waals surface area contributed by atoms with Gasteiger partial charge in [0, 0.05) is 5.92 Å². The molecule has 1 fully saturated rings. The zero-order valence-electron chi connectivity index (χ0n) is 18.2. The van der Waals surface area contributed by atoms with Gasteiger partial charge in [0.05, 0.1) is 29.5 Å². The molecule has 33 heavy (non-hydrogen) atoms. The van der Waals surface area contributed by atoms with Gasteiger partial charge in [0.1, 0.15) is 12.0 Å². The monoisotopic (exact) mass is 437 g/mol. The molecule has 5 heteroatoms. The van der Waals surface area contributed by atoms with Crippen LogP contribution in [0, 0.1) is 11.8 Å². The van der Waals surface area contributed by atoms with Gasteiger partial charge >= 0.3 is 0 Å². The lowest BCUT2D eigenvalue weighted by atomic mass is 9.48. The molecule has 3 aliphatic carbocycles. The standard InChI is InChI=1S/C28H23NO4/c1-2-15-33-22-14-8-7-13-21(22)29-26(31)24-23-17-9-3-5-11-19(17)28(16-30,25(24)27(29)32)20-12-6-4-10-18(20)23/h3-14,16,23-25H,2,15H2,1H3/t23?,24-,25-,28?/m0/s1. The Labute approximate surface area is 192 Å². The van der Waals surface area contributed by atoms with Crippen molar-refractivity contribution in [2.24, 2.45) is 11.8 Å². The summed E-state index contributed by atoms with van der Waals surface area (Å²) in [6, 6.07) is 22.7. The smallest absolute Gasteiger partial charge is 0.239 e. The summed E-state index contributed by atoms with van der Waals surface area (Å²) in [5, 5.41) is 0. The molecule has 3 aromatic rings. The number of hydrogen-bond acceptors (Lipinski definition) is 4. The van der Waals surface area contributed by atoms with Crippen molar-refractivity contribution in [3.8, 4) is 5.75 Å². The lowest BCUT2D eigenvalue weighted by molar-refractivity contribution is -0.128. The average Bonchev–Trinajstić information content (AvgIpc) is 3.13. The van der Waals surface area contributed by atoms with Crippen LogP contribution in [0.4, 0.5) is 5.69 Å². The number of hydrogen-bond donors (Lipinski definition) is 0. The first-order valence-electron chi connectivity index (χ1n) is 11.4. The summed E-state index contributed by atoms with van der Waals surface area (Å²) in [6.45, 7) is 2.49. The highest BCUT2D eigenvalue weighted by atomic mass is 16.5. The van der Waals surface area contributed by atoms with E-state index in [0.717, 1.165) is 35.0 Å². The van der Waals surface area contributed by atoms with E-state index < -0.39 is 17.3 Å². The van der Waals surface area contributed by atoms with Crippen LogP contribution in [0.25, 0.3) is 0 Å². The number of carbonyl (C=O) groups excluding carboxylic acids is 3. The molecule has 0 unspecified atom stereocenters. The fourth-order valence-electron chi connectivity index (χ4n) is 6.24. The van der Waals surface area contributed by atoms with E-state index in [4.69, 9.17) is 4.74 Å². The Morgan fingerprint density at radius 3 is 2.12 bits per heavy atom. The van der Waals surface area contributed by atoms with Gasteiger partial charge in [-0.2, -0.15) is 0 Å². The van der Waals surface area contributed by atoms with E-state index in [9.17, 15) is 14.4 Å². The molecule has 5 nitrogen and oxygen atoms in total. The van der Waals surface area contributed by atoms with Crippen molar-refractivity contribution in [3.05, 3.63) is 95.1 Å². The molecule has 3 aromatic carbocycles. The zero-order valence-corrected chi connectivity index (χ0v) is 18.2. The lowest BCUT2D eigenvalue weighted by Gasteiger charge is -2.51. The molecule has 4 aliphatic rings. The molecular formula is C28H23NO4. The number of nitrogens with zero attached hydrogens (tertiary/aromatic N) is 1. The predicted octanol–water partition coefficient (Wildman–Crippen LogP) is 4.23. The van der Waals surface area contributed by atoms with Crippen LogP contribution in [0.15, 0.2) is 72.8 Å². The van der Waals surface area contributed by atoms with Crippen molar-refractivity contribution >= 4 is 23.8 Å². The number of amides is 2. The van der Waals surface area contributed by atoms with Crippen LogP contribution < -0.4 is 9.64 Å². The van der Waals surface area contributed by atoms with E-state index >= 15 is 0 Å². The van der Waals surface area contributed by atoms with E-state index in [1.165, 1.54) is 4.90 Å². The topological polar surface area (TPSA) is 63.7 Å². The van der Waals surface area contributed by atoms with Gasteiger partial charge in [-0.25, -0.2) is 4.90 Å². The molecule has 0 spiro atoms. The van der Waals surface area contributed by atoms with Crippen LogP contribution in [0.3, 0.4) is 0 Å². The Kier molecular flexibility index (Phi) is 4.31. The van der Waals surface area contributed by atoms with Crippen LogP contribution in [-0.2, 0) is 19.8 Å². The molecule has 1 aliphatic heterocycles. The largest absolute Gasteiger partial charge is 0.491 e. The minimum atomic E-state index is -1.19. The molecule has 2 atom stereocenters. The van der Waals surface area contributed by atoms with Crippen LogP contribution >= 0.6 is 0 Å². The molecule has 164 valence electrons. The molecule has 0 N–H and O–H groups in total. The third-order valence-corrected chi connectivity index (χ3v) is 7.44. The molecule has 1 saturated heterocycles. The lowest BCUT2D eigenvalue weighted by Crippen LogP contribution is -2.54. The number of aldehydes is 1. The maximum atomic E-state index is 14.0. The van der Waals surface area contributed by atoms with Crippen LogP contribution in [0.1, 0.15) is 41.5 Å². The van der Waals surface area contributed by atoms with Gasteiger partial charge in [-0.15, -0.1) is 0 Å². The minimum Gasteiger partial charge on any atom is -0.491 e. The molecule has 1 heterocycles. The highest BCUT2D eigenvalue weighted by Crippen LogP contribution is 2.63. The number of ether oxygens (including phenoxy) is 1. The van der Waals surface area contributed by atoms with Gasteiger partial charge in [-0.1, -0.05) is 67.6 Å². The second-order valence-corrected chi connectivity index (χ2v) is 8.97. The van der Waals surface area contributed by atoms with Crippen molar-refractivity contribution in [3.63, 3.8) is 0 Å². The summed E-state index contributed by atoms with van der Waals surface area (Å²) in [6.07, 6.45) is 1.70. The molecule has 2 bridgehead atoms. The fraction of sp³-hybridized carbons (Fsp3) is 0.250. The normalized spacial score (nSPS) is 26.6. The van der Waals surface area contributed by atoms with Crippen molar-refractivity contribution in [2.45, 2.75) is 24.7 Å². The van der Waals surface area contributed by atoms with Crippen molar-refractivity contribution in [1.82, 2.24) is 0 Å². The Hall–Kier alpha value is -3.73. The number of carbonyl (C=O) groups is 3. The quantitative estimate of drug-likeness (QED) is 0.443. The van der Waals surface area contributed by atoms with Gasteiger partial charge < -0.3 is 9.53 Å². The molecule has 2 amide bonds. The summed E-state index contributed by atoms with van der Waals surface area (Å²) in [5.41, 5.74) is 2.86. The fourth-order valence-corrected chi connectivity index (χ4v) is 6.24. The zero-order chi connectivity index (χ0) is 22.7. The molecular weight excluding hydrogens is 414 g/mol. The highest BCUT2D eigenvalue weighted by Gasteiger charge is 2.68. The first-order chi connectivity index (χ1) is 16.1. The van der Waals surface area contributed by atoms with Crippen LogP contribution in [0.2, 0.25) is 0 Å². The number of anilines is 1. The third kappa shape index (κ3) is 2.39. The van der Waals surface area contributed by atoms with E-state index in [-0.39, 0.29) is 17.7 Å². The SMILES string of the molecule is CCCOc1ccccc1N1C(=O)[C@@H]2[C@@H](C1=O)C1c3ccccc3C2(C=O)c2ccccc21. The number of imide groups is 1. The summed E-state index contributed by atoms with van der Waals surface area (Å²) in [4.78, 5) is 42.3. The first-order valence-corrected chi connectivity index (χ1v) is 11.4. The second kappa shape index (κ2) is 7.14. The highest BCUT2D eigenvalue weighted by molar-refractivity contribution is 6.25. The summed E-state index contributed by atoms with van der Waals surface area (Å²) in [5.74, 6) is -1.78. The van der Waals surface area contributed by atoms with Gasteiger partial charge in [0.25, 0.3) is 0 Å². The maximum Gasteiger partial charge on any atom is 0.239 e. The molecule has 7 rings (SSSR count). The summed E-state index contributed by atoms with van der Waals surface area (Å²) < 4.78 is 5.88. The first kappa shape index (κ1) is 19.9. The third-order valence-electron chi connectivity index (χ3n) is 7.44. The van der Waals surface area contributed by atoms with Gasteiger partial charge in [-0.05, 0) is 40.8 Å². The number of benzene rings is 3. The molecule has 0 radical (unpaired) electrons. The van der Waals surface area contributed by atoms with Crippen LogP contribution in [0.5, 0.6) is 5.75 Å². The van der Waals surface area contributed by atoms with E-state index in [1.54, 1.807) is 18.2 Å². The van der Waals surface area contributed by atoms with E-state index in [1.807, 2.05) is 61.5 Å². The molecule has 0 saturated carbocycles. The van der Waals surface area contributed by atoms with E-state index in [2.05, 4.69) is 0 Å². The van der Waals surface area contributed by atoms with Gasteiger partial charge in [0.15, 0.2) is 0 Å². The van der Waals surface area contributed by atoms with Gasteiger partial charge in [0.2, 0.25) is 11.8 Å². The average molecular weight is 437 g/mol. The Morgan fingerprint density at radius 1 is 0.879 bits per heavy atom. The minimum absolute atomic E-state index is 0.266. The Balaban J connectivity index is 1.58. The predicted molar refractivity (Wildman–Crippen MR) is 123 cm³/mol.